The van der Waals surface area contributed by atoms with Crippen molar-refractivity contribution in [1.29, 1.82) is 0 Å². The Kier molecular flexibility index (Phi) is 3.03. The number of hydrogen-bond donors (Lipinski definition) is 2. The van der Waals surface area contributed by atoms with Crippen molar-refractivity contribution in [3.05, 3.63) is 20.8 Å². The average molecular weight is 219 g/mol. The van der Waals surface area contributed by atoms with E-state index in [1.807, 2.05) is 0 Å². The highest BCUT2D eigenvalue weighted by Crippen LogP contribution is 2.24. The molecule has 1 amide bonds. The van der Waals surface area contributed by atoms with Crippen molar-refractivity contribution < 1.29 is 9.72 Å². The molecule has 1 rings (SSSR count). The Bertz CT molecular complexity index is 375. The number of aromatic nitrogens is 2. The molecule has 0 aromatic carbocycles. The van der Waals surface area contributed by atoms with Gasteiger partial charge in [-0.1, -0.05) is 16.7 Å². The SMILES string of the molecule is CCNC(=O)c1n[nH]c([N+](=O)[O-])c1Cl. The molecule has 0 bridgehead atoms. The summed E-state index contributed by atoms with van der Waals surface area (Å²) < 4.78 is 0. The van der Waals surface area contributed by atoms with E-state index in [9.17, 15) is 14.9 Å². The van der Waals surface area contributed by atoms with Gasteiger partial charge in [-0.05, 0) is 11.8 Å². The molecule has 0 spiro atoms. The molecule has 0 saturated carbocycles. The van der Waals surface area contributed by atoms with Crippen molar-refractivity contribution in [3.63, 3.8) is 0 Å². The van der Waals surface area contributed by atoms with Crippen LogP contribution in [0.4, 0.5) is 5.82 Å². The van der Waals surface area contributed by atoms with Gasteiger partial charge in [0, 0.05) is 6.54 Å². The topological polar surface area (TPSA) is 101 Å². The van der Waals surface area contributed by atoms with Crippen LogP contribution in [-0.2, 0) is 0 Å². The smallest absolute Gasteiger partial charge is 0.358 e. The van der Waals surface area contributed by atoms with Gasteiger partial charge >= 0.3 is 5.82 Å². The van der Waals surface area contributed by atoms with Gasteiger partial charge in [-0.25, -0.2) is 0 Å². The molecule has 2 N–H and O–H groups in total. The zero-order valence-electron chi connectivity index (χ0n) is 7.20. The van der Waals surface area contributed by atoms with E-state index in [1.165, 1.54) is 0 Å². The molecule has 1 aromatic heterocycles. The molecule has 7 nitrogen and oxygen atoms in total. The molecule has 0 aliphatic carbocycles. The second kappa shape index (κ2) is 4.05. The first-order chi connectivity index (χ1) is 6.57. The molecule has 14 heavy (non-hydrogen) atoms. The summed E-state index contributed by atoms with van der Waals surface area (Å²) in [5.41, 5.74) is -0.166. The Morgan fingerprint density at radius 3 is 2.86 bits per heavy atom. The molecule has 0 aliphatic rings. The summed E-state index contributed by atoms with van der Waals surface area (Å²) in [4.78, 5) is 20.8. The number of H-pyrrole nitrogens is 1. The standard InChI is InChI=1S/C6H7ClN4O3/c1-2-8-6(12)4-3(7)5(10-9-4)11(13)14/h2H2,1H3,(H,8,12)(H,9,10). The van der Waals surface area contributed by atoms with Crippen LogP contribution in [0.25, 0.3) is 0 Å². The van der Waals surface area contributed by atoms with Crippen LogP contribution in [0.5, 0.6) is 0 Å². The molecule has 0 saturated heterocycles. The average Bonchev–Trinajstić information content (AvgIpc) is 2.47. The van der Waals surface area contributed by atoms with E-state index in [-0.39, 0.29) is 10.7 Å². The van der Waals surface area contributed by atoms with Gasteiger partial charge in [0.25, 0.3) is 5.91 Å². The highest BCUT2D eigenvalue weighted by atomic mass is 35.5. The number of carbonyl (C=O) groups is 1. The first-order valence-corrected chi connectivity index (χ1v) is 4.12. The Morgan fingerprint density at radius 1 is 1.79 bits per heavy atom. The van der Waals surface area contributed by atoms with Crippen molar-refractivity contribution >= 4 is 23.3 Å². The van der Waals surface area contributed by atoms with Gasteiger partial charge in [0.2, 0.25) is 0 Å². The van der Waals surface area contributed by atoms with E-state index in [0.717, 1.165) is 0 Å². The summed E-state index contributed by atoms with van der Waals surface area (Å²) in [5.74, 6) is -1.02. The van der Waals surface area contributed by atoms with Crippen LogP contribution in [0.2, 0.25) is 5.02 Å². The van der Waals surface area contributed by atoms with Crippen LogP contribution in [0.3, 0.4) is 0 Å². The zero-order valence-corrected chi connectivity index (χ0v) is 7.96. The Morgan fingerprint density at radius 2 is 2.43 bits per heavy atom. The summed E-state index contributed by atoms with van der Waals surface area (Å²) >= 11 is 5.55. The molecule has 1 heterocycles. The lowest BCUT2D eigenvalue weighted by Crippen LogP contribution is -2.23. The summed E-state index contributed by atoms with van der Waals surface area (Å²) in [6.07, 6.45) is 0. The minimum atomic E-state index is -0.738. The van der Waals surface area contributed by atoms with Gasteiger partial charge in [-0.2, -0.15) is 0 Å². The van der Waals surface area contributed by atoms with Crippen LogP contribution >= 0.6 is 11.6 Å². The van der Waals surface area contributed by atoms with Crippen LogP contribution in [0.15, 0.2) is 0 Å². The molecule has 76 valence electrons. The number of rotatable bonds is 3. The fourth-order valence-corrected chi connectivity index (χ4v) is 1.07. The Balaban J connectivity index is 3.00. The van der Waals surface area contributed by atoms with Crippen LogP contribution in [-0.4, -0.2) is 27.6 Å². The van der Waals surface area contributed by atoms with Gasteiger partial charge in [-0.15, -0.1) is 5.10 Å². The number of carbonyl (C=O) groups excluding carboxylic acids is 1. The summed E-state index contributed by atoms with van der Waals surface area (Å²) in [5, 5.41) is 18.0. The second-order valence-corrected chi connectivity index (χ2v) is 2.73. The van der Waals surface area contributed by atoms with E-state index >= 15 is 0 Å². The molecule has 0 unspecified atom stereocenters. The van der Waals surface area contributed by atoms with Gasteiger partial charge in [-0.3, -0.25) is 4.79 Å². The maximum absolute atomic E-state index is 11.2. The normalized spacial score (nSPS) is 9.86. The van der Waals surface area contributed by atoms with Crippen molar-refractivity contribution in [2.24, 2.45) is 0 Å². The lowest BCUT2D eigenvalue weighted by molar-refractivity contribution is -0.389. The fraction of sp³-hybridized carbons (Fsp3) is 0.333. The van der Waals surface area contributed by atoms with E-state index < -0.39 is 16.6 Å². The largest absolute Gasteiger partial charge is 0.362 e. The molecule has 0 fully saturated rings. The van der Waals surface area contributed by atoms with Gasteiger partial charge in [0.05, 0.1) is 0 Å². The van der Waals surface area contributed by atoms with Gasteiger partial charge in [0.15, 0.2) is 10.7 Å². The van der Waals surface area contributed by atoms with Gasteiger partial charge < -0.3 is 15.4 Å². The third kappa shape index (κ3) is 1.82. The van der Waals surface area contributed by atoms with Crippen molar-refractivity contribution in [2.75, 3.05) is 6.54 Å². The minimum Gasteiger partial charge on any atom is -0.358 e. The lowest BCUT2D eigenvalue weighted by Gasteiger charge is -1.96. The number of nitrogens with one attached hydrogen (secondary N) is 2. The van der Waals surface area contributed by atoms with Crippen LogP contribution in [0.1, 0.15) is 17.4 Å². The van der Waals surface area contributed by atoms with Crippen LogP contribution < -0.4 is 5.32 Å². The van der Waals surface area contributed by atoms with E-state index in [2.05, 4.69) is 15.5 Å². The number of amides is 1. The Labute approximate surface area is 83.6 Å². The number of hydrogen-bond acceptors (Lipinski definition) is 4. The summed E-state index contributed by atoms with van der Waals surface area (Å²) in [6, 6.07) is 0. The second-order valence-electron chi connectivity index (χ2n) is 2.35. The predicted octanol–water partition coefficient (Wildman–Crippen LogP) is 0.721. The third-order valence-corrected chi connectivity index (χ3v) is 1.78. The maximum atomic E-state index is 11.2. The zero-order chi connectivity index (χ0) is 10.7. The Hall–Kier alpha value is -1.63. The minimum absolute atomic E-state index is 0.166. The quantitative estimate of drug-likeness (QED) is 0.577. The molecule has 0 atom stereocenters. The van der Waals surface area contributed by atoms with E-state index in [0.29, 0.717) is 6.54 Å². The number of aromatic amines is 1. The lowest BCUT2D eigenvalue weighted by atomic mass is 10.4. The molecule has 0 radical (unpaired) electrons. The van der Waals surface area contributed by atoms with E-state index in [1.54, 1.807) is 6.92 Å². The fourth-order valence-electron chi connectivity index (χ4n) is 0.835. The van der Waals surface area contributed by atoms with Crippen molar-refractivity contribution in [2.45, 2.75) is 6.92 Å². The monoisotopic (exact) mass is 218 g/mol. The highest BCUT2D eigenvalue weighted by molar-refractivity contribution is 6.35. The molecular weight excluding hydrogens is 212 g/mol. The number of nitro groups is 1. The highest BCUT2D eigenvalue weighted by Gasteiger charge is 2.24. The third-order valence-electron chi connectivity index (χ3n) is 1.42. The van der Waals surface area contributed by atoms with E-state index in [4.69, 9.17) is 11.6 Å². The van der Waals surface area contributed by atoms with Crippen molar-refractivity contribution in [3.8, 4) is 0 Å². The molecule has 0 aliphatic heterocycles. The summed E-state index contributed by atoms with van der Waals surface area (Å²) in [6.45, 7) is 2.11. The maximum Gasteiger partial charge on any atom is 0.362 e. The molecule has 8 heteroatoms. The first kappa shape index (κ1) is 10.5. The number of nitrogens with zero attached hydrogens (tertiary/aromatic N) is 2. The van der Waals surface area contributed by atoms with Crippen molar-refractivity contribution in [1.82, 2.24) is 15.5 Å². The van der Waals surface area contributed by atoms with Gasteiger partial charge in [0.1, 0.15) is 0 Å². The summed E-state index contributed by atoms with van der Waals surface area (Å²) in [7, 11) is 0. The number of halogens is 1. The predicted molar refractivity (Wildman–Crippen MR) is 48.3 cm³/mol. The first-order valence-electron chi connectivity index (χ1n) is 3.74. The molecule has 1 aromatic rings. The van der Waals surface area contributed by atoms with Crippen LogP contribution in [0, 0.1) is 10.1 Å². The molecular formula is C6H7ClN4O3.